The Morgan fingerprint density at radius 2 is 2.33 bits per heavy atom. The molecule has 1 unspecified atom stereocenters. The number of nitrogens with zero attached hydrogens (tertiary/aromatic N) is 2. The van der Waals surface area contributed by atoms with E-state index in [1.165, 1.54) is 0 Å². The van der Waals surface area contributed by atoms with E-state index in [9.17, 15) is 5.11 Å². The van der Waals surface area contributed by atoms with Crippen molar-refractivity contribution in [3.8, 4) is 6.07 Å². The summed E-state index contributed by atoms with van der Waals surface area (Å²) in [5.41, 5.74) is 0.986. The number of halogens is 1. The summed E-state index contributed by atoms with van der Waals surface area (Å²) in [6.07, 6.45) is 1.85. The number of rotatable bonds is 2. The third kappa shape index (κ3) is 3.23. The fourth-order valence-electron chi connectivity index (χ4n) is 2.44. The molecule has 0 saturated carbocycles. The molecular weight excluding hydrogens is 248 g/mol. The lowest BCUT2D eigenvalue weighted by molar-refractivity contribution is -0.0181. The van der Waals surface area contributed by atoms with Crippen molar-refractivity contribution in [1.82, 2.24) is 4.90 Å². The maximum Gasteiger partial charge on any atom is 0.0992 e. The molecule has 1 fully saturated rings. The molecule has 96 valence electrons. The Kier molecular flexibility index (Phi) is 3.91. The molecule has 0 bridgehead atoms. The maximum absolute atomic E-state index is 10.1. The summed E-state index contributed by atoms with van der Waals surface area (Å²) in [5.74, 6) is 0. The Morgan fingerprint density at radius 1 is 1.56 bits per heavy atom. The van der Waals surface area contributed by atoms with Gasteiger partial charge in [-0.2, -0.15) is 5.26 Å². The number of hydrogen-bond donors (Lipinski definition) is 1. The molecule has 2 rings (SSSR count). The fourth-order valence-corrected chi connectivity index (χ4v) is 2.68. The van der Waals surface area contributed by atoms with Crippen molar-refractivity contribution in [3.63, 3.8) is 0 Å². The molecule has 4 heteroatoms. The number of nitriles is 1. The third-order valence-corrected chi connectivity index (χ3v) is 3.68. The van der Waals surface area contributed by atoms with Gasteiger partial charge in [0.15, 0.2) is 0 Å². The van der Waals surface area contributed by atoms with Crippen LogP contribution in [-0.4, -0.2) is 28.7 Å². The lowest BCUT2D eigenvalue weighted by Gasteiger charge is -2.36. The molecule has 1 aliphatic rings. The van der Waals surface area contributed by atoms with Gasteiger partial charge in [0.2, 0.25) is 0 Å². The first-order valence-corrected chi connectivity index (χ1v) is 6.51. The molecule has 0 radical (unpaired) electrons. The molecule has 1 aromatic carbocycles. The third-order valence-electron chi connectivity index (χ3n) is 3.33. The molecule has 0 spiro atoms. The van der Waals surface area contributed by atoms with Gasteiger partial charge in [-0.25, -0.2) is 0 Å². The first kappa shape index (κ1) is 13.4. The Morgan fingerprint density at radius 3 is 2.94 bits per heavy atom. The van der Waals surface area contributed by atoms with Crippen LogP contribution >= 0.6 is 11.6 Å². The number of aliphatic hydroxyl groups is 1. The van der Waals surface area contributed by atoms with E-state index >= 15 is 0 Å². The van der Waals surface area contributed by atoms with Crippen LogP contribution in [0.1, 0.15) is 30.9 Å². The highest BCUT2D eigenvalue weighted by Gasteiger charge is 2.28. The molecule has 3 nitrogen and oxygen atoms in total. The minimum absolute atomic E-state index is 0.578. The Hall–Kier alpha value is -1.08. The summed E-state index contributed by atoms with van der Waals surface area (Å²) in [6, 6.07) is 7.44. The highest BCUT2D eigenvalue weighted by atomic mass is 35.5. The van der Waals surface area contributed by atoms with E-state index in [1.54, 1.807) is 12.1 Å². The van der Waals surface area contributed by atoms with Crippen molar-refractivity contribution < 1.29 is 5.11 Å². The van der Waals surface area contributed by atoms with Crippen molar-refractivity contribution in [1.29, 1.82) is 5.26 Å². The molecular formula is C14H17ClN2O. The van der Waals surface area contributed by atoms with E-state index < -0.39 is 5.60 Å². The largest absolute Gasteiger partial charge is 0.389 e. The lowest BCUT2D eigenvalue weighted by atomic mass is 9.95. The second-order valence-electron chi connectivity index (χ2n) is 5.23. The number of β-amino-alcohol motifs (C(OH)–C–C–N with tert-alkyl or cyclic N) is 1. The molecule has 0 aromatic heterocycles. The van der Waals surface area contributed by atoms with Crippen molar-refractivity contribution in [3.05, 3.63) is 34.3 Å². The fraction of sp³-hybridized carbons (Fsp3) is 0.500. The molecule has 0 amide bonds. The summed E-state index contributed by atoms with van der Waals surface area (Å²) in [6.45, 7) is 4.25. The summed E-state index contributed by atoms with van der Waals surface area (Å²) in [5, 5.41) is 19.5. The zero-order valence-electron chi connectivity index (χ0n) is 10.5. The van der Waals surface area contributed by atoms with Gasteiger partial charge in [-0.3, -0.25) is 4.90 Å². The Bertz CT molecular complexity index is 479. The lowest BCUT2D eigenvalue weighted by Crippen LogP contribution is -2.45. The van der Waals surface area contributed by atoms with Gasteiger partial charge in [0.1, 0.15) is 0 Å². The van der Waals surface area contributed by atoms with Crippen molar-refractivity contribution in [2.45, 2.75) is 31.9 Å². The van der Waals surface area contributed by atoms with Gasteiger partial charge >= 0.3 is 0 Å². The number of likely N-dealkylation sites (tertiary alicyclic amines) is 1. The second kappa shape index (κ2) is 5.27. The number of benzene rings is 1. The Labute approximate surface area is 113 Å². The van der Waals surface area contributed by atoms with E-state index in [0.29, 0.717) is 17.1 Å². The minimum atomic E-state index is -0.600. The summed E-state index contributed by atoms with van der Waals surface area (Å²) >= 11 is 6.16. The highest BCUT2D eigenvalue weighted by molar-refractivity contribution is 6.31. The standard InChI is InChI=1S/C14H17ClN2O/c1-14(18)5-2-6-17(10-14)9-12-4-3-11(8-16)7-13(12)15/h3-4,7,18H,2,5-6,9-10H2,1H3. The minimum Gasteiger partial charge on any atom is -0.389 e. The van der Waals surface area contributed by atoms with Crippen LogP contribution in [0.5, 0.6) is 0 Å². The predicted octanol–water partition coefficient (Wildman–Crippen LogP) is 2.56. The van der Waals surface area contributed by atoms with Gasteiger partial charge in [0.25, 0.3) is 0 Å². The smallest absolute Gasteiger partial charge is 0.0992 e. The predicted molar refractivity (Wildman–Crippen MR) is 71.3 cm³/mol. The molecule has 1 aromatic rings. The summed E-state index contributed by atoms with van der Waals surface area (Å²) in [7, 11) is 0. The van der Waals surface area contributed by atoms with Crippen LogP contribution in [0.4, 0.5) is 0 Å². The average molecular weight is 265 g/mol. The molecule has 1 saturated heterocycles. The van der Waals surface area contributed by atoms with E-state index in [0.717, 1.165) is 31.5 Å². The zero-order valence-corrected chi connectivity index (χ0v) is 11.2. The normalized spacial score (nSPS) is 24.8. The van der Waals surface area contributed by atoms with Gasteiger partial charge in [-0.05, 0) is 44.0 Å². The average Bonchev–Trinajstić information content (AvgIpc) is 2.30. The van der Waals surface area contributed by atoms with Crippen molar-refractivity contribution >= 4 is 11.6 Å². The van der Waals surface area contributed by atoms with Crippen LogP contribution in [0.15, 0.2) is 18.2 Å². The highest BCUT2D eigenvalue weighted by Crippen LogP contribution is 2.24. The second-order valence-corrected chi connectivity index (χ2v) is 5.64. The SMILES string of the molecule is CC1(O)CCCN(Cc2ccc(C#N)cc2Cl)C1. The van der Waals surface area contributed by atoms with Crippen LogP contribution < -0.4 is 0 Å². The summed E-state index contributed by atoms with van der Waals surface area (Å²) < 4.78 is 0. The zero-order chi connectivity index (χ0) is 13.2. The van der Waals surface area contributed by atoms with Gasteiger partial charge in [-0.1, -0.05) is 17.7 Å². The first-order chi connectivity index (χ1) is 8.50. The van der Waals surface area contributed by atoms with Gasteiger partial charge in [-0.15, -0.1) is 0 Å². The van der Waals surface area contributed by atoms with Gasteiger partial charge in [0.05, 0.1) is 17.2 Å². The quantitative estimate of drug-likeness (QED) is 0.893. The molecule has 18 heavy (non-hydrogen) atoms. The van der Waals surface area contributed by atoms with E-state index in [1.807, 2.05) is 13.0 Å². The maximum atomic E-state index is 10.1. The van der Waals surface area contributed by atoms with Crippen molar-refractivity contribution in [2.24, 2.45) is 0 Å². The van der Waals surface area contributed by atoms with Crippen LogP contribution in [0.3, 0.4) is 0 Å². The van der Waals surface area contributed by atoms with Crippen LogP contribution in [0.2, 0.25) is 5.02 Å². The van der Waals surface area contributed by atoms with Gasteiger partial charge in [0, 0.05) is 18.1 Å². The number of hydrogen-bond acceptors (Lipinski definition) is 3. The van der Waals surface area contributed by atoms with Crippen LogP contribution in [0.25, 0.3) is 0 Å². The van der Waals surface area contributed by atoms with E-state index in [2.05, 4.69) is 11.0 Å². The molecule has 1 atom stereocenters. The molecule has 0 aliphatic carbocycles. The van der Waals surface area contributed by atoms with Crippen LogP contribution in [-0.2, 0) is 6.54 Å². The van der Waals surface area contributed by atoms with Crippen molar-refractivity contribution in [2.75, 3.05) is 13.1 Å². The monoisotopic (exact) mass is 264 g/mol. The Balaban J connectivity index is 2.08. The van der Waals surface area contributed by atoms with E-state index in [4.69, 9.17) is 16.9 Å². The molecule has 1 N–H and O–H groups in total. The van der Waals surface area contributed by atoms with E-state index in [-0.39, 0.29) is 0 Å². The number of piperidine rings is 1. The van der Waals surface area contributed by atoms with Gasteiger partial charge < -0.3 is 5.11 Å². The molecule has 1 heterocycles. The topological polar surface area (TPSA) is 47.3 Å². The first-order valence-electron chi connectivity index (χ1n) is 6.13. The molecule has 1 aliphatic heterocycles. The summed E-state index contributed by atoms with van der Waals surface area (Å²) in [4.78, 5) is 2.21. The van der Waals surface area contributed by atoms with Crippen LogP contribution in [0, 0.1) is 11.3 Å².